The second-order valence-electron chi connectivity index (χ2n) is 4.59. The number of hydrogen-bond donors (Lipinski definition) is 1. The molecule has 1 aromatic carbocycles. The van der Waals surface area contributed by atoms with Gasteiger partial charge in [0.2, 0.25) is 5.09 Å². The van der Waals surface area contributed by atoms with Gasteiger partial charge in [0, 0.05) is 0 Å². The van der Waals surface area contributed by atoms with Gasteiger partial charge in [-0.25, -0.2) is 0 Å². The molecule has 2 aromatic rings. The van der Waals surface area contributed by atoms with Gasteiger partial charge in [-0.1, -0.05) is 6.92 Å². The minimum atomic E-state index is -4.60. The molecule has 1 aromatic heterocycles. The molecule has 0 saturated carbocycles. The zero-order valence-corrected chi connectivity index (χ0v) is 12.9. The number of furan rings is 1. The molecule has 9 heteroatoms. The van der Waals surface area contributed by atoms with Crippen molar-refractivity contribution < 1.29 is 30.7 Å². The lowest BCUT2D eigenvalue weighted by molar-refractivity contribution is -0.137. The first-order chi connectivity index (χ1) is 10.7. The highest BCUT2D eigenvalue weighted by Gasteiger charge is 2.32. The molecule has 2 rings (SSSR count). The van der Waals surface area contributed by atoms with Gasteiger partial charge < -0.3 is 9.15 Å². The molecule has 0 bridgehead atoms. The molecule has 1 heterocycles. The molecule has 0 unspecified atom stereocenters. The fourth-order valence-electron chi connectivity index (χ4n) is 1.74. The summed E-state index contributed by atoms with van der Waals surface area (Å²) in [5, 5.41) is -0.406. The Morgan fingerprint density at radius 1 is 1.26 bits per heavy atom. The van der Waals surface area contributed by atoms with Crippen LogP contribution in [0.4, 0.5) is 18.9 Å². The lowest BCUT2D eigenvalue weighted by Crippen LogP contribution is -2.15. The minimum absolute atomic E-state index is 0.00924. The summed E-state index contributed by atoms with van der Waals surface area (Å²) in [4.78, 5) is 0. The zero-order chi connectivity index (χ0) is 17.1. The van der Waals surface area contributed by atoms with Crippen LogP contribution in [-0.2, 0) is 16.2 Å². The van der Waals surface area contributed by atoms with E-state index in [1.165, 1.54) is 12.1 Å². The Labute approximate surface area is 131 Å². The van der Waals surface area contributed by atoms with Gasteiger partial charge in [0.1, 0.15) is 5.75 Å². The van der Waals surface area contributed by atoms with E-state index in [-0.39, 0.29) is 18.0 Å². The molecule has 23 heavy (non-hydrogen) atoms. The maximum absolute atomic E-state index is 12.8. The smallest absolute Gasteiger partial charge is 0.416 e. The summed E-state index contributed by atoms with van der Waals surface area (Å²) < 4.78 is 74.8. The van der Waals surface area contributed by atoms with Crippen LogP contribution in [0.1, 0.15) is 18.9 Å². The number of benzene rings is 1. The summed E-state index contributed by atoms with van der Waals surface area (Å²) in [5.41, 5.74) is -1.29. The van der Waals surface area contributed by atoms with Gasteiger partial charge in [-0.2, -0.15) is 21.6 Å². The number of nitrogens with one attached hydrogen (secondary N) is 1. The first-order valence-corrected chi connectivity index (χ1v) is 8.12. The van der Waals surface area contributed by atoms with E-state index in [0.717, 1.165) is 18.4 Å². The zero-order valence-electron chi connectivity index (χ0n) is 12.1. The number of hydrogen-bond acceptors (Lipinski definition) is 4. The third-order valence-electron chi connectivity index (χ3n) is 2.77. The molecule has 0 amide bonds. The van der Waals surface area contributed by atoms with Gasteiger partial charge in [0.25, 0.3) is 10.0 Å². The van der Waals surface area contributed by atoms with E-state index in [1.54, 1.807) is 0 Å². The molecule has 0 radical (unpaired) electrons. The lowest BCUT2D eigenvalue weighted by atomic mass is 10.2. The SMILES string of the molecule is CCCOc1ccc(C(F)(F)F)cc1NS(=O)(=O)c1ccco1. The Balaban J connectivity index is 2.41. The van der Waals surface area contributed by atoms with E-state index >= 15 is 0 Å². The van der Waals surface area contributed by atoms with Crippen LogP contribution in [0.5, 0.6) is 5.75 Å². The normalized spacial score (nSPS) is 12.2. The number of ether oxygens (including phenoxy) is 1. The summed E-state index contributed by atoms with van der Waals surface area (Å²) >= 11 is 0. The van der Waals surface area contributed by atoms with Gasteiger partial charge >= 0.3 is 6.18 Å². The second kappa shape index (κ2) is 6.53. The van der Waals surface area contributed by atoms with E-state index in [0.29, 0.717) is 12.5 Å². The summed E-state index contributed by atoms with van der Waals surface area (Å²) in [7, 11) is -4.14. The van der Waals surface area contributed by atoms with E-state index in [9.17, 15) is 21.6 Å². The van der Waals surface area contributed by atoms with Crippen LogP contribution in [0.2, 0.25) is 0 Å². The van der Waals surface area contributed by atoms with Crippen LogP contribution in [0.3, 0.4) is 0 Å². The Morgan fingerprint density at radius 3 is 2.57 bits per heavy atom. The average molecular weight is 349 g/mol. The largest absolute Gasteiger partial charge is 0.491 e. The van der Waals surface area contributed by atoms with Gasteiger partial charge in [-0.05, 0) is 36.8 Å². The van der Waals surface area contributed by atoms with Crippen molar-refractivity contribution in [1.82, 2.24) is 0 Å². The molecule has 0 saturated heterocycles. The molecular weight excluding hydrogens is 335 g/mol. The highest BCUT2D eigenvalue weighted by molar-refractivity contribution is 7.92. The van der Waals surface area contributed by atoms with E-state index in [1.807, 2.05) is 6.92 Å². The highest BCUT2D eigenvalue weighted by atomic mass is 32.2. The predicted molar refractivity (Wildman–Crippen MR) is 76.7 cm³/mol. The number of anilines is 1. The summed E-state index contributed by atoms with van der Waals surface area (Å²) in [6.45, 7) is 2.05. The molecular formula is C14H14F3NO4S. The van der Waals surface area contributed by atoms with Crippen molar-refractivity contribution in [1.29, 1.82) is 0 Å². The third kappa shape index (κ3) is 4.19. The fourth-order valence-corrected chi connectivity index (χ4v) is 2.72. The van der Waals surface area contributed by atoms with Crippen LogP contribution < -0.4 is 9.46 Å². The quantitative estimate of drug-likeness (QED) is 0.859. The monoisotopic (exact) mass is 349 g/mol. The standard InChI is InChI=1S/C14H14F3NO4S/c1-2-7-21-12-6-5-10(14(15,16)17)9-11(12)18-23(19,20)13-4-3-8-22-13/h3-6,8-9,18H,2,7H2,1H3. The van der Waals surface area contributed by atoms with Crippen LogP contribution in [-0.4, -0.2) is 15.0 Å². The number of halogens is 3. The van der Waals surface area contributed by atoms with Crippen LogP contribution in [0.15, 0.2) is 46.1 Å². The molecule has 5 nitrogen and oxygen atoms in total. The molecule has 1 N–H and O–H groups in total. The molecule has 0 aliphatic heterocycles. The summed E-state index contributed by atoms with van der Waals surface area (Å²) in [6, 6.07) is 5.14. The van der Waals surface area contributed by atoms with E-state index in [2.05, 4.69) is 4.72 Å². The highest BCUT2D eigenvalue weighted by Crippen LogP contribution is 2.36. The lowest BCUT2D eigenvalue weighted by Gasteiger charge is -2.15. The van der Waals surface area contributed by atoms with Crippen molar-refractivity contribution in [2.75, 3.05) is 11.3 Å². The molecule has 0 atom stereocenters. The van der Waals surface area contributed by atoms with Gasteiger partial charge in [0.05, 0.1) is 24.1 Å². The summed E-state index contributed by atoms with van der Waals surface area (Å²) in [5.74, 6) is 0.00924. The van der Waals surface area contributed by atoms with Crippen molar-refractivity contribution in [3.05, 3.63) is 42.2 Å². The number of rotatable bonds is 6. The molecule has 0 fully saturated rings. The molecule has 0 aliphatic rings. The fraction of sp³-hybridized carbons (Fsp3) is 0.286. The number of alkyl halides is 3. The van der Waals surface area contributed by atoms with E-state index < -0.39 is 26.9 Å². The minimum Gasteiger partial charge on any atom is -0.491 e. The van der Waals surface area contributed by atoms with Crippen LogP contribution in [0, 0.1) is 0 Å². The number of sulfonamides is 1. The van der Waals surface area contributed by atoms with E-state index in [4.69, 9.17) is 9.15 Å². The predicted octanol–water partition coefficient (Wildman–Crippen LogP) is 3.89. The molecule has 0 aliphatic carbocycles. The van der Waals surface area contributed by atoms with Crippen molar-refractivity contribution in [2.45, 2.75) is 24.6 Å². The van der Waals surface area contributed by atoms with Gasteiger partial charge in [-0.3, -0.25) is 4.72 Å². The van der Waals surface area contributed by atoms with Crippen molar-refractivity contribution in [3.8, 4) is 5.75 Å². The first kappa shape index (κ1) is 17.2. The van der Waals surface area contributed by atoms with Crippen LogP contribution >= 0.6 is 0 Å². The Hall–Kier alpha value is -2.16. The Bertz CT molecular complexity index is 755. The second-order valence-corrected chi connectivity index (χ2v) is 6.21. The van der Waals surface area contributed by atoms with Crippen molar-refractivity contribution in [2.24, 2.45) is 0 Å². The maximum atomic E-state index is 12.8. The van der Waals surface area contributed by atoms with Crippen molar-refractivity contribution >= 4 is 15.7 Å². The Kier molecular flexibility index (Phi) is 4.88. The van der Waals surface area contributed by atoms with Crippen LogP contribution in [0.25, 0.3) is 0 Å². The topological polar surface area (TPSA) is 68.5 Å². The first-order valence-electron chi connectivity index (χ1n) is 6.64. The maximum Gasteiger partial charge on any atom is 0.416 e. The average Bonchev–Trinajstić information content (AvgIpc) is 2.99. The van der Waals surface area contributed by atoms with Gasteiger partial charge in [0.15, 0.2) is 0 Å². The van der Waals surface area contributed by atoms with Gasteiger partial charge in [-0.15, -0.1) is 0 Å². The third-order valence-corrected chi connectivity index (χ3v) is 4.02. The van der Waals surface area contributed by atoms with Crippen molar-refractivity contribution in [3.63, 3.8) is 0 Å². The molecule has 126 valence electrons. The summed E-state index contributed by atoms with van der Waals surface area (Å²) in [6.07, 6.45) is -2.84. The molecule has 0 spiro atoms. The Morgan fingerprint density at radius 2 is 2.00 bits per heavy atom.